The minimum atomic E-state index is -1.13. The highest BCUT2D eigenvalue weighted by Gasteiger charge is 2.23. The monoisotopic (exact) mass is 457 g/mol. The molecule has 1 aromatic carbocycles. The Labute approximate surface area is 192 Å². The van der Waals surface area contributed by atoms with E-state index < -0.39 is 17.9 Å². The van der Waals surface area contributed by atoms with Gasteiger partial charge in [0.25, 0.3) is 5.91 Å². The molecule has 7 nitrogen and oxygen atoms in total. The van der Waals surface area contributed by atoms with Crippen LogP contribution in [0.3, 0.4) is 0 Å². The summed E-state index contributed by atoms with van der Waals surface area (Å²) in [4.78, 5) is 38.6. The first kappa shape index (κ1) is 23.9. The number of hydrogen-bond acceptors (Lipinski definition) is 5. The van der Waals surface area contributed by atoms with Gasteiger partial charge in [0.15, 0.2) is 0 Å². The van der Waals surface area contributed by atoms with Gasteiger partial charge in [-0.1, -0.05) is 36.4 Å². The first-order valence-corrected chi connectivity index (χ1v) is 12.0. The van der Waals surface area contributed by atoms with Crippen LogP contribution in [0.5, 0.6) is 0 Å². The quantitative estimate of drug-likeness (QED) is 0.482. The lowest BCUT2D eigenvalue weighted by Gasteiger charge is -2.32. The topological polar surface area (TPSA) is 98.7 Å². The SMILES string of the molecule is O=C(CCC(NC(=O)c1cccs1)C(=O)O)NCCC1CCN(Cc2ccccc2)CC1. The summed E-state index contributed by atoms with van der Waals surface area (Å²) in [5.74, 6) is -1.14. The molecule has 0 bridgehead atoms. The van der Waals surface area contributed by atoms with E-state index in [9.17, 15) is 19.5 Å². The highest BCUT2D eigenvalue weighted by molar-refractivity contribution is 7.12. The largest absolute Gasteiger partial charge is 0.480 e. The number of carbonyl (C=O) groups is 3. The molecule has 1 aromatic heterocycles. The third-order valence-electron chi connectivity index (χ3n) is 5.84. The molecule has 2 aromatic rings. The molecule has 1 atom stereocenters. The summed E-state index contributed by atoms with van der Waals surface area (Å²) in [6, 6.07) is 12.8. The Hall–Kier alpha value is -2.71. The standard InChI is InChI=1S/C24H31N3O4S/c28-22(9-8-20(24(30)31)26-23(29)21-7-4-16-32-21)25-13-10-18-11-14-27(15-12-18)17-19-5-2-1-3-6-19/h1-7,16,18,20H,8-15,17H2,(H,25,28)(H,26,29)(H,30,31). The van der Waals surface area contributed by atoms with Gasteiger partial charge in [0.1, 0.15) is 6.04 Å². The molecule has 0 radical (unpaired) electrons. The van der Waals surface area contributed by atoms with Crippen LogP contribution < -0.4 is 10.6 Å². The number of carbonyl (C=O) groups excluding carboxylic acids is 2. The number of carboxylic acids is 1. The van der Waals surface area contributed by atoms with Crippen molar-refractivity contribution in [3.05, 3.63) is 58.3 Å². The van der Waals surface area contributed by atoms with Gasteiger partial charge in [-0.3, -0.25) is 14.5 Å². The van der Waals surface area contributed by atoms with Crippen molar-refractivity contribution in [2.75, 3.05) is 19.6 Å². The maximum Gasteiger partial charge on any atom is 0.326 e. The Bertz CT molecular complexity index is 865. The van der Waals surface area contributed by atoms with E-state index >= 15 is 0 Å². The van der Waals surface area contributed by atoms with E-state index in [1.807, 2.05) is 6.07 Å². The molecule has 2 amide bonds. The van der Waals surface area contributed by atoms with E-state index in [4.69, 9.17) is 0 Å². The number of likely N-dealkylation sites (tertiary alicyclic amines) is 1. The van der Waals surface area contributed by atoms with Crippen molar-refractivity contribution >= 4 is 29.1 Å². The summed E-state index contributed by atoms with van der Waals surface area (Å²) in [6.07, 6.45) is 3.31. The van der Waals surface area contributed by atoms with Gasteiger partial charge in [-0.2, -0.15) is 0 Å². The van der Waals surface area contributed by atoms with Crippen molar-refractivity contribution in [2.24, 2.45) is 5.92 Å². The van der Waals surface area contributed by atoms with Crippen molar-refractivity contribution < 1.29 is 19.5 Å². The van der Waals surface area contributed by atoms with Gasteiger partial charge in [-0.05, 0) is 61.7 Å². The van der Waals surface area contributed by atoms with Crippen LogP contribution in [-0.4, -0.2) is 53.5 Å². The zero-order valence-corrected chi connectivity index (χ0v) is 19.0. The van der Waals surface area contributed by atoms with Crippen LogP contribution in [0.4, 0.5) is 0 Å². The van der Waals surface area contributed by atoms with Crippen LogP contribution in [0.2, 0.25) is 0 Å². The molecule has 0 aliphatic carbocycles. The lowest BCUT2D eigenvalue weighted by Crippen LogP contribution is -2.41. The van der Waals surface area contributed by atoms with E-state index in [0.29, 0.717) is 17.3 Å². The smallest absolute Gasteiger partial charge is 0.326 e. The highest BCUT2D eigenvalue weighted by atomic mass is 32.1. The van der Waals surface area contributed by atoms with Crippen molar-refractivity contribution in [3.8, 4) is 0 Å². The molecule has 3 rings (SSSR count). The molecule has 172 valence electrons. The van der Waals surface area contributed by atoms with Crippen molar-refractivity contribution in [1.82, 2.24) is 15.5 Å². The van der Waals surface area contributed by atoms with E-state index in [-0.39, 0.29) is 18.7 Å². The molecular formula is C24H31N3O4S. The summed E-state index contributed by atoms with van der Waals surface area (Å²) in [5, 5.41) is 16.5. The van der Waals surface area contributed by atoms with Crippen LogP contribution in [-0.2, 0) is 16.1 Å². The number of amides is 2. The third kappa shape index (κ3) is 7.76. The fourth-order valence-electron chi connectivity index (χ4n) is 3.95. The number of piperidine rings is 1. The molecule has 1 fully saturated rings. The molecule has 1 aliphatic rings. The van der Waals surface area contributed by atoms with Crippen molar-refractivity contribution in [2.45, 2.75) is 44.7 Å². The summed E-state index contributed by atoms with van der Waals surface area (Å²) in [6.45, 7) is 3.72. The molecule has 1 aliphatic heterocycles. The number of nitrogens with zero attached hydrogens (tertiary/aromatic N) is 1. The highest BCUT2D eigenvalue weighted by Crippen LogP contribution is 2.21. The molecular weight excluding hydrogens is 426 g/mol. The van der Waals surface area contributed by atoms with E-state index in [2.05, 4.69) is 39.8 Å². The summed E-state index contributed by atoms with van der Waals surface area (Å²) in [5.41, 5.74) is 1.34. The summed E-state index contributed by atoms with van der Waals surface area (Å²) in [7, 11) is 0. The van der Waals surface area contributed by atoms with Crippen LogP contribution in [0.1, 0.15) is 47.3 Å². The lowest BCUT2D eigenvalue weighted by atomic mass is 9.93. The van der Waals surface area contributed by atoms with Gasteiger partial charge in [-0.15, -0.1) is 11.3 Å². The first-order valence-electron chi connectivity index (χ1n) is 11.1. The van der Waals surface area contributed by atoms with Gasteiger partial charge >= 0.3 is 5.97 Å². The van der Waals surface area contributed by atoms with Crippen LogP contribution in [0.15, 0.2) is 47.8 Å². The fourth-order valence-corrected chi connectivity index (χ4v) is 4.58. The van der Waals surface area contributed by atoms with Crippen molar-refractivity contribution in [1.29, 1.82) is 0 Å². The number of nitrogens with one attached hydrogen (secondary N) is 2. The predicted molar refractivity (Wildman–Crippen MR) is 125 cm³/mol. The van der Waals surface area contributed by atoms with Gasteiger partial charge in [0.05, 0.1) is 4.88 Å². The number of aliphatic carboxylic acids is 1. The minimum Gasteiger partial charge on any atom is -0.480 e. The molecule has 1 saturated heterocycles. The Kier molecular flexibility index (Phi) is 9.25. The molecule has 8 heteroatoms. The lowest BCUT2D eigenvalue weighted by molar-refractivity contribution is -0.139. The maximum absolute atomic E-state index is 12.2. The number of benzene rings is 1. The second-order valence-corrected chi connectivity index (χ2v) is 9.17. The van der Waals surface area contributed by atoms with Crippen molar-refractivity contribution in [3.63, 3.8) is 0 Å². The Morgan fingerprint density at radius 1 is 1.09 bits per heavy atom. The number of rotatable bonds is 11. The van der Waals surface area contributed by atoms with E-state index in [0.717, 1.165) is 38.9 Å². The van der Waals surface area contributed by atoms with Crippen LogP contribution in [0, 0.1) is 5.92 Å². The van der Waals surface area contributed by atoms with Gasteiger partial charge in [-0.25, -0.2) is 4.79 Å². The normalized spacial score (nSPS) is 15.8. The summed E-state index contributed by atoms with van der Waals surface area (Å²) < 4.78 is 0. The predicted octanol–water partition coefficient (Wildman–Crippen LogP) is 3.13. The zero-order valence-electron chi connectivity index (χ0n) is 18.2. The third-order valence-corrected chi connectivity index (χ3v) is 6.71. The second kappa shape index (κ2) is 12.4. The Balaban J connectivity index is 1.30. The maximum atomic E-state index is 12.2. The number of hydrogen-bond donors (Lipinski definition) is 3. The first-order chi connectivity index (χ1) is 15.5. The Morgan fingerprint density at radius 2 is 1.84 bits per heavy atom. The Morgan fingerprint density at radius 3 is 2.50 bits per heavy atom. The summed E-state index contributed by atoms with van der Waals surface area (Å²) >= 11 is 1.25. The van der Waals surface area contributed by atoms with Crippen LogP contribution in [0.25, 0.3) is 0 Å². The minimum absolute atomic E-state index is 0.0656. The van der Waals surface area contributed by atoms with Gasteiger partial charge < -0.3 is 15.7 Å². The molecule has 1 unspecified atom stereocenters. The molecule has 2 heterocycles. The second-order valence-electron chi connectivity index (χ2n) is 8.22. The van der Waals surface area contributed by atoms with E-state index in [1.165, 1.54) is 16.9 Å². The molecule has 3 N–H and O–H groups in total. The average molecular weight is 458 g/mol. The number of carboxylic acid groups (broad SMARTS) is 1. The average Bonchev–Trinajstić information content (AvgIpc) is 3.33. The molecule has 0 saturated carbocycles. The van der Waals surface area contributed by atoms with Crippen LogP contribution >= 0.6 is 11.3 Å². The molecule has 32 heavy (non-hydrogen) atoms. The number of thiophene rings is 1. The zero-order chi connectivity index (χ0) is 22.8. The fraction of sp³-hybridized carbons (Fsp3) is 0.458. The van der Waals surface area contributed by atoms with Gasteiger partial charge in [0, 0.05) is 19.5 Å². The van der Waals surface area contributed by atoms with E-state index in [1.54, 1.807) is 17.5 Å². The molecule has 0 spiro atoms. The van der Waals surface area contributed by atoms with Gasteiger partial charge in [0.2, 0.25) is 5.91 Å².